The number of fused-ring (bicyclic) bond motifs is 6. The molecule has 4 aromatic rings. The second-order valence-electron chi connectivity index (χ2n) is 10.6. The Bertz CT molecular complexity index is 1390. The zero-order valence-corrected chi connectivity index (χ0v) is 29.8. The monoisotopic (exact) mass is 924 g/mol. The first kappa shape index (κ1) is 34.5. The van der Waals surface area contributed by atoms with Crippen molar-refractivity contribution in [1.29, 1.82) is 0 Å². The van der Waals surface area contributed by atoms with Crippen molar-refractivity contribution in [2.45, 2.75) is 12.8 Å². The van der Waals surface area contributed by atoms with E-state index in [1.807, 2.05) is 24.3 Å². The zero-order valence-electron chi connectivity index (χ0n) is 23.5. The zero-order chi connectivity index (χ0) is 27.1. The summed E-state index contributed by atoms with van der Waals surface area (Å²) in [7, 11) is 0.191. The van der Waals surface area contributed by atoms with Gasteiger partial charge in [0.05, 0.1) is 12.3 Å². The van der Waals surface area contributed by atoms with Gasteiger partial charge in [-0.15, -0.1) is 35.4 Å². The Morgan fingerprint density at radius 2 is 0.875 bits per heavy atom. The Hall–Kier alpha value is -1.66. The third-order valence-electron chi connectivity index (χ3n) is 7.01. The molecule has 0 heterocycles. The molecule has 0 saturated carbocycles. The molecule has 2 aliphatic rings. The van der Waals surface area contributed by atoms with Gasteiger partial charge in [-0.2, -0.15) is 0 Å². The normalized spacial score (nSPS) is 11.0. The van der Waals surface area contributed by atoms with Crippen LogP contribution in [0.25, 0.3) is 22.3 Å². The third kappa shape index (κ3) is 8.92. The Morgan fingerprint density at radius 1 is 0.525 bits per heavy atom. The molecule has 210 valence electrons. The minimum Gasteiger partial charge on any atom is -0.366 e. The summed E-state index contributed by atoms with van der Waals surface area (Å²) < 4.78 is 0. The van der Waals surface area contributed by atoms with Crippen LogP contribution in [0, 0.1) is 24.7 Å². The van der Waals surface area contributed by atoms with Crippen molar-refractivity contribution in [2.24, 2.45) is 0 Å². The van der Waals surface area contributed by atoms with E-state index in [0.717, 1.165) is 24.0 Å². The first-order valence-electron chi connectivity index (χ1n) is 13.3. The van der Waals surface area contributed by atoms with E-state index in [1.165, 1.54) is 56.8 Å². The van der Waals surface area contributed by atoms with Gasteiger partial charge < -0.3 is 12.8 Å². The van der Waals surface area contributed by atoms with Gasteiger partial charge in [0, 0.05) is 26.7 Å². The van der Waals surface area contributed by atoms with Crippen LogP contribution < -0.4 is 0 Å². The Kier molecular flexibility index (Phi) is 14.4. The van der Waals surface area contributed by atoms with Crippen molar-refractivity contribution < 1.29 is 44.8 Å². The van der Waals surface area contributed by atoms with Gasteiger partial charge in [0.25, 0.3) is 0 Å². The number of benzene rings is 4. The molecule has 0 amide bonds. The van der Waals surface area contributed by atoms with Crippen molar-refractivity contribution >= 4 is 15.8 Å². The molecule has 0 aliphatic heterocycles. The van der Waals surface area contributed by atoms with Crippen molar-refractivity contribution in [3.8, 4) is 34.1 Å². The number of rotatable bonds is 3. The molecule has 0 unspecified atom stereocenters. The van der Waals surface area contributed by atoms with Crippen molar-refractivity contribution in [3.63, 3.8) is 0 Å². The molecular weight excluding hydrogens is 888 g/mol. The van der Waals surface area contributed by atoms with E-state index < -0.39 is 0 Å². The molecule has 0 atom stereocenters. The fourth-order valence-electron chi connectivity index (χ4n) is 4.90. The molecule has 4 heteroatoms. The quantitative estimate of drug-likeness (QED) is 0.0726. The van der Waals surface area contributed by atoms with Gasteiger partial charge in [-0.3, -0.25) is 11.8 Å². The maximum Gasteiger partial charge on any atom is 1.00 e. The maximum absolute atomic E-state index is 7.14. The molecule has 0 spiro atoms. The van der Waals surface area contributed by atoms with Gasteiger partial charge >= 0.3 is 44.8 Å². The first-order valence-corrected chi connectivity index (χ1v) is 18.7. The minimum atomic E-state index is 0. The van der Waals surface area contributed by atoms with Gasteiger partial charge in [0.1, 0.15) is 0 Å². The van der Waals surface area contributed by atoms with Crippen LogP contribution in [0.1, 0.15) is 33.4 Å². The van der Waals surface area contributed by atoms with Crippen LogP contribution in [0.15, 0.2) is 84.9 Å². The van der Waals surface area contributed by atoms with E-state index in [9.17, 15) is 0 Å². The van der Waals surface area contributed by atoms with Crippen molar-refractivity contribution in [1.82, 2.24) is 0 Å². The van der Waals surface area contributed by atoms with E-state index in [1.54, 1.807) is 0 Å². The van der Waals surface area contributed by atoms with Crippen LogP contribution in [-0.2, 0) is 57.6 Å². The summed E-state index contributed by atoms with van der Waals surface area (Å²) in [6.45, 7) is 9.59. The number of hydrogen-bond donors (Lipinski definition) is 0. The topological polar surface area (TPSA) is 0 Å². The molecule has 0 radical (unpaired) electrons. The average Bonchev–Trinajstić information content (AvgIpc) is 3.50. The fourth-order valence-corrected chi connectivity index (χ4v) is 8.90. The van der Waals surface area contributed by atoms with E-state index in [-0.39, 0.29) is 60.6 Å². The molecule has 4 aromatic carbocycles. The molecule has 0 bridgehead atoms. The van der Waals surface area contributed by atoms with E-state index in [0.29, 0.717) is 0 Å². The van der Waals surface area contributed by atoms with Crippen LogP contribution in [-0.4, -0.2) is 39.0 Å². The molecule has 0 fully saturated rings. The van der Waals surface area contributed by atoms with Crippen LogP contribution in [0.3, 0.4) is 0 Å². The third-order valence-corrected chi connectivity index (χ3v) is 10.0. The van der Waals surface area contributed by atoms with Crippen LogP contribution in [0.4, 0.5) is 0 Å². The molecule has 2 aliphatic carbocycles. The van der Waals surface area contributed by atoms with Gasteiger partial charge in [-0.05, 0) is 73.2 Å². The van der Waals surface area contributed by atoms with Crippen LogP contribution in [0.5, 0.6) is 0 Å². The molecule has 0 saturated heterocycles. The summed E-state index contributed by atoms with van der Waals surface area (Å²) in [6, 6.07) is 29.1. The SMILES string of the molecule is C[PH+](C)CC[PH+](C)C.[Au+].[Au+].[C-]#Cc1ccc2c(c1)-c1ccccc1C2.[C-]#Cc1ccc2c(c1)-c1ccccc1C2. The molecule has 0 nitrogen and oxygen atoms in total. The Labute approximate surface area is 275 Å². The van der Waals surface area contributed by atoms with E-state index in [4.69, 9.17) is 12.8 Å². The van der Waals surface area contributed by atoms with Gasteiger partial charge in [-0.1, -0.05) is 60.7 Å². The standard InChI is InChI=1S/2C15H9.C6H16P2.2Au/c2*1-2-11-7-8-13-10-12-5-3-4-6-14(12)15(13)9-11;1-7(2)5-6-8(3)4;;/h2*3-9H,10H2;5-6H2,1-4H3;;/q2*-1;;2*+1/p+2. The Morgan fingerprint density at radius 3 is 1.23 bits per heavy atom. The molecule has 0 N–H and O–H groups in total. The second-order valence-corrected chi connectivity index (χ2v) is 16.4. The van der Waals surface area contributed by atoms with Gasteiger partial charge in [0.15, 0.2) is 0 Å². The molecule has 6 rings (SSSR count). The molecule has 0 aromatic heterocycles. The van der Waals surface area contributed by atoms with Crippen LogP contribution >= 0.6 is 15.8 Å². The minimum absolute atomic E-state index is 0. The van der Waals surface area contributed by atoms with Gasteiger partial charge in [0.2, 0.25) is 0 Å². The molecular formula is C36H36Au2P2+2. The summed E-state index contributed by atoms with van der Waals surface area (Å²) >= 11 is 0. The molecule has 40 heavy (non-hydrogen) atoms. The fraction of sp³-hybridized carbons (Fsp3) is 0.222. The Balaban J connectivity index is 0.000000216. The predicted molar refractivity (Wildman–Crippen MR) is 172 cm³/mol. The summed E-state index contributed by atoms with van der Waals surface area (Å²) in [5.74, 6) is 4.87. The number of hydrogen-bond acceptors (Lipinski definition) is 0. The summed E-state index contributed by atoms with van der Waals surface area (Å²) in [6.07, 6.45) is 19.4. The summed E-state index contributed by atoms with van der Waals surface area (Å²) in [4.78, 5) is 0. The largest absolute Gasteiger partial charge is 1.00 e. The van der Waals surface area contributed by atoms with Crippen LogP contribution in [0.2, 0.25) is 0 Å². The maximum atomic E-state index is 7.14. The second kappa shape index (κ2) is 16.7. The van der Waals surface area contributed by atoms with Gasteiger partial charge in [-0.25, -0.2) is 0 Å². The predicted octanol–water partition coefficient (Wildman–Crippen LogP) is 8.32. The van der Waals surface area contributed by atoms with E-state index >= 15 is 0 Å². The van der Waals surface area contributed by atoms with Crippen molar-refractivity contribution in [2.75, 3.05) is 39.0 Å². The average molecular weight is 925 g/mol. The summed E-state index contributed by atoms with van der Waals surface area (Å²) in [5.41, 5.74) is 12.3. The van der Waals surface area contributed by atoms with E-state index in [2.05, 4.69) is 99.2 Å². The first-order chi connectivity index (χ1) is 18.4. The smallest absolute Gasteiger partial charge is 0.366 e. The van der Waals surface area contributed by atoms with Crippen molar-refractivity contribution in [3.05, 3.63) is 131 Å². The summed E-state index contributed by atoms with van der Waals surface area (Å²) in [5, 5.41) is 0.